The Labute approximate surface area is 201 Å². The minimum atomic E-state index is -0.396. The second kappa shape index (κ2) is 8.81. The van der Waals surface area contributed by atoms with Crippen LogP contribution in [0, 0.1) is 5.92 Å². The summed E-state index contributed by atoms with van der Waals surface area (Å²) in [5.74, 6) is 2.68. The largest absolute Gasteiger partial charge is 0.496 e. The maximum Gasteiger partial charge on any atom is 0.328 e. The molecule has 1 fully saturated rings. The number of nitrogens with zero attached hydrogens (tertiary/aromatic N) is 4. The molecule has 1 saturated heterocycles. The monoisotopic (exact) mass is 473 g/mol. The molecule has 0 amide bonds. The van der Waals surface area contributed by atoms with Gasteiger partial charge in [-0.25, -0.2) is 14.8 Å². The predicted octanol–water partition coefficient (Wildman–Crippen LogP) is 2.53. The van der Waals surface area contributed by atoms with Crippen molar-refractivity contribution in [3.63, 3.8) is 0 Å². The van der Waals surface area contributed by atoms with Gasteiger partial charge in [0.2, 0.25) is 0 Å². The topological polar surface area (TPSA) is 102 Å². The van der Waals surface area contributed by atoms with Crippen LogP contribution < -0.4 is 20.7 Å². The van der Waals surface area contributed by atoms with Crippen LogP contribution in [0.3, 0.4) is 0 Å². The molecule has 2 aliphatic heterocycles. The van der Waals surface area contributed by atoms with Gasteiger partial charge >= 0.3 is 5.69 Å². The van der Waals surface area contributed by atoms with Crippen LogP contribution in [0.4, 0.5) is 0 Å². The minimum Gasteiger partial charge on any atom is -0.496 e. The number of unbranched alkanes of at least 4 members (excludes halogenated alkanes) is 1. The smallest absolute Gasteiger partial charge is 0.328 e. The molecule has 1 N–H and O–H groups in total. The average molecular weight is 474 g/mol. The molecule has 2 aromatic carbocycles. The lowest BCUT2D eigenvalue weighted by Crippen LogP contribution is -2.35. The van der Waals surface area contributed by atoms with E-state index in [0.29, 0.717) is 40.2 Å². The number of aromatic amines is 1. The average Bonchev–Trinajstić information content (AvgIpc) is 3.31. The first kappa shape index (κ1) is 21.8. The van der Waals surface area contributed by atoms with Crippen molar-refractivity contribution in [1.29, 1.82) is 0 Å². The van der Waals surface area contributed by atoms with Gasteiger partial charge in [0.25, 0.3) is 5.56 Å². The fourth-order valence-corrected chi connectivity index (χ4v) is 5.62. The Morgan fingerprint density at radius 3 is 2.89 bits per heavy atom. The number of hydrogen-bond donors (Lipinski definition) is 1. The van der Waals surface area contributed by atoms with Crippen LogP contribution in [0.15, 0.2) is 52.4 Å². The maximum atomic E-state index is 13.1. The van der Waals surface area contributed by atoms with Gasteiger partial charge in [-0.3, -0.25) is 9.36 Å². The number of aromatic nitrogens is 4. The first-order valence-corrected chi connectivity index (χ1v) is 12.0. The van der Waals surface area contributed by atoms with E-state index in [1.807, 2.05) is 18.2 Å². The van der Waals surface area contributed by atoms with Crippen LogP contribution in [0.2, 0.25) is 0 Å². The number of ether oxygens (including phenoxy) is 2. The molecule has 4 heterocycles. The number of nitrogens with one attached hydrogen (secondary N) is 1. The summed E-state index contributed by atoms with van der Waals surface area (Å²) >= 11 is 0. The van der Waals surface area contributed by atoms with Gasteiger partial charge in [-0.2, -0.15) is 0 Å². The van der Waals surface area contributed by atoms with Gasteiger partial charge < -0.3 is 19.4 Å². The normalized spacial score (nSPS) is 19.5. The summed E-state index contributed by atoms with van der Waals surface area (Å²) in [5, 5.41) is 1.15. The summed E-state index contributed by atoms with van der Waals surface area (Å²) in [4.78, 5) is 39.3. The first-order chi connectivity index (χ1) is 17.1. The third-order valence-electron chi connectivity index (χ3n) is 7.33. The van der Waals surface area contributed by atoms with Crippen LogP contribution in [0.1, 0.15) is 24.3 Å². The van der Waals surface area contributed by atoms with Gasteiger partial charge in [0.1, 0.15) is 17.8 Å². The number of hydrogen-bond acceptors (Lipinski definition) is 7. The Balaban J connectivity index is 1.13. The predicted molar refractivity (Wildman–Crippen MR) is 132 cm³/mol. The zero-order valence-corrected chi connectivity index (χ0v) is 19.6. The van der Waals surface area contributed by atoms with Crippen molar-refractivity contribution < 1.29 is 9.47 Å². The molecular weight excluding hydrogens is 446 g/mol. The third kappa shape index (κ3) is 3.76. The van der Waals surface area contributed by atoms with Crippen LogP contribution in [-0.4, -0.2) is 57.8 Å². The Hall–Kier alpha value is -3.72. The molecule has 0 unspecified atom stereocenters. The van der Waals surface area contributed by atoms with Crippen molar-refractivity contribution in [2.45, 2.75) is 25.3 Å². The van der Waals surface area contributed by atoms with Crippen LogP contribution in [-0.2, 0) is 6.54 Å². The SMILES string of the molecule is COc1cccc2c1[C@@H]1CN(CCCCn3c(=O)[nH]c4c(ccc5ncncc54)c3=O)C[C@H]1CO2. The summed E-state index contributed by atoms with van der Waals surface area (Å²) < 4.78 is 12.9. The van der Waals surface area contributed by atoms with Crippen molar-refractivity contribution >= 4 is 21.8 Å². The minimum absolute atomic E-state index is 0.275. The van der Waals surface area contributed by atoms with Crippen molar-refractivity contribution in [1.82, 2.24) is 24.4 Å². The van der Waals surface area contributed by atoms with E-state index >= 15 is 0 Å². The Morgan fingerprint density at radius 2 is 2.00 bits per heavy atom. The zero-order valence-electron chi connectivity index (χ0n) is 19.6. The molecule has 35 heavy (non-hydrogen) atoms. The lowest BCUT2D eigenvalue weighted by molar-refractivity contribution is 0.209. The zero-order chi connectivity index (χ0) is 23.9. The molecule has 0 bridgehead atoms. The van der Waals surface area contributed by atoms with E-state index in [2.05, 4.69) is 19.9 Å². The van der Waals surface area contributed by atoms with Gasteiger partial charge in [0.15, 0.2) is 0 Å². The van der Waals surface area contributed by atoms with E-state index in [0.717, 1.165) is 50.6 Å². The molecule has 0 aliphatic carbocycles. The summed E-state index contributed by atoms with van der Waals surface area (Å²) in [6.45, 7) is 3.97. The molecule has 9 nitrogen and oxygen atoms in total. The van der Waals surface area contributed by atoms with Gasteiger partial charge in [-0.05, 0) is 43.7 Å². The molecule has 0 saturated carbocycles. The highest BCUT2D eigenvalue weighted by atomic mass is 16.5. The summed E-state index contributed by atoms with van der Waals surface area (Å²) in [5.41, 5.74) is 1.69. The van der Waals surface area contributed by atoms with Crippen molar-refractivity contribution in [3.8, 4) is 11.5 Å². The Bertz CT molecular complexity index is 1510. The molecule has 2 atom stereocenters. The molecular formula is C26H27N5O4. The third-order valence-corrected chi connectivity index (χ3v) is 7.33. The molecule has 4 aromatic rings. The Morgan fingerprint density at radius 1 is 1.11 bits per heavy atom. The fraction of sp³-hybridized carbons (Fsp3) is 0.385. The molecule has 9 heteroatoms. The van der Waals surface area contributed by atoms with E-state index in [1.54, 1.807) is 25.4 Å². The number of likely N-dealkylation sites (tertiary alicyclic amines) is 1. The molecule has 0 spiro atoms. The quantitative estimate of drug-likeness (QED) is 0.339. The number of fused-ring (bicyclic) bond motifs is 6. The standard InChI is InChI=1S/C26H27N5O4/c1-34-21-5-4-6-22-23(21)19-13-30(12-16(19)14-35-22)9-2-3-10-31-25(32)17-7-8-20-18(11-27-15-28-20)24(17)29-26(31)33/h4-8,11,15-16,19H,2-3,9-10,12-14H2,1H3,(H,29,33)/t16-,19+/m0/s1. The van der Waals surface area contributed by atoms with Gasteiger partial charge in [-0.1, -0.05) is 6.07 Å². The Kier molecular flexibility index (Phi) is 5.49. The van der Waals surface area contributed by atoms with Crippen molar-refractivity contribution in [3.05, 3.63) is 69.3 Å². The number of rotatable bonds is 6. The summed E-state index contributed by atoms with van der Waals surface area (Å²) in [6.07, 6.45) is 4.71. The molecule has 2 aliphatic rings. The number of methoxy groups -OCH3 is 1. The van der Waals surface area contributed by atoms with E-state index in [9.17, 15) is 9.59 Å². The van der Waals surface area contributed by atoms with Gasteiger partial charge in [0, 0.05) is 48.6 Å². The van der Waals surface area contributed by atoms with Crippen molar-refractivity contribution in [2.75, 3.05) is 33.4 Å². The highest BCUT2D eigenvalue weighted by molar-refractivity contribution is 6.02. The second-order valence-electron chi connectivity index (χ2n) is 9.35. The second-order valence-corrected chi connectivity index (χ2v) is 9.35. The lowest BCUT2D eigenvalue weighted by atomic mass is 9.86. The van der Waals surface area contributed by atoms with E-state index in [1.165, 1.54) is 16.5 Å². The van der Waals surface area contributed by atoms with E-state index < -0.39 is 5.69 Å². The molecule has 0 radical (unpaired) electrons. The first-order valence-electron chi connectivity index (χ1n) is 12.0. The number of benzene rings is 2. The summed E-state index contributed by atoms with van der Waals surface area (Å²) in [6, 6.07) is 9.50. The lowest BCUT2D eigenvalue weighted by Gasteiger charge is -2.29. The van der Waals surface area contributed by atoms with Gasteiger partial charge in [0.05, 0.1) is 30.1 Å². The molecule has 2 aromatic heterocycles. The van der Waals surface area contributed by atoms with E-state index in [4.69, 9.17) is 9.47 Å². The highest BCUT2D eigenvalue weighted by Crippen LogP contribution is 2.46. The number of H-pyrrole nitrogens is 1. The van der Waals surface area contributed by atoms with Crippen LogP contribution in [0.5, 0.6) is 11.5 Å². The van der Waals surface area contributed by atoms with Gasteiger partial charge in [-0.15, -0.1) is 0 Å². The summed E-state index contributed by atoms with van der Waals surface area (Å²) in [7, 11) is 1.71. The maximum absolute atomic E-state index is 13.1. The molecule has 6 rings (SSSR count). The van der Waals surface area contributed by atoms with Crippen LogP contribution in [0.25, 0.3) is 21.8 Å². The van der Waals surface area contributed by atoms with Crippen molar-refractivity contribution in [2.24, 2.45) is 5.92 Å². The van der Waals surface area contributed by atoms with Crippen LogP contribution >= 0.6 is 0 Å². The molecule has 180 valence electrons. The van der Waals surface area contributed by atoms with E-state index in [-0.39, 0.29) is 5.56 Å². The highest BCUT2D eigenvalue weighted by Gasteiger charge is 2.40. The fourth-order valence-electron chi connectivity index (χ4n) is 5.62.